The monoisotopic (exact) mass is 374 g/mol. The normalized spacial score (nSPS) is 17.4. The van der Waals surface area contributed by atoms with Gasteiger partial charge < -0.3 is 19.3 Å². The number of hydrogen-bond acceptors (Lipinski definition) is 4. The number of carbonyl (C=O) groups excluding carboxylic acids is 2. The highest BCUT2D eigenvalue weighted by molar-refractivity contribution is 5.80. The number of piperazine rings is 1. The van der Waals surface area contributed by atoms with Crippen LogP contribution in [0.3, 0.4) is 0 Å². The minimum absolute atomic E-state index is 0.0193. The van der Waals surface area contributed by atoms with E-state index >= 15 is 0 Å². The van der Waals surface area contributed by atoms with Crippen LogP contribution >= 0.6 is 0 Å². The second kappa shape index (κ2) is 8.46. The molecule has 27 heavy (non-hydrogen) atoms. The Labute approximate surface area is 161 Å². The summed E-state index contributed by atoms with van der Waals surface area (Å²) < 4.78 is 10.8. The zero-order valence-electron chi connectivity index (χ0n) is 16.9. The van der Waals surface area contributed by atoms with Gasteiger partial charge in [0.25, 0.3) is 0 Å². The molecule has 1 aromatic rings. The van der Waals surface area contributed by atoms with Crippen LogP contribution in [0.15, 0.2) is 24.8 Å². The first-order chi connectivity index (χ1) is 12.6. The molecule has 6 nitrogen and oxygen atoms in total. The molecule has 1 aromatic carbocycles. The molecule has 0 unspecified atom stereocenters. The summed E-state index contributed by atoms with van der Waals surface area (Å²) in [5, 5.41) is 0. The van der Waals surface area contributed by atoms with E-state index in [-0.39, 0.29) is 24.5 Å². The summed E-state index contributed by atoms with van der Waals surface area (Å²) in [6, 6.07) is 5.60. The van der Waals surface area contributed by atoms with Crippen molar-refractivity contribution in [2.75, 3.05) is 26.7 Å². The highest BCUT2D eigenvalue weighted by Crippen LogP contribution is 2.23. The first-order valence-corrected chi connectivity index (χ1v) is 9.21. The van der Waals surface area contributed by atoms with Gasteiger partial charge in [-0.05, 0) is 45.4 Å². The van der Waals surface area contributed by atoms with Crippen LogP contribution in [-0.4, -0.2) is 60.2 Å². The lowest BCUT2D eigenvalue weighted by Gasteiger charge is -2.40. The van der Waals surface area contributed by atoms with E-state index in [1.807, 2.05) is 50.8 Å². The highest BCUT2D eigenvalue weighted by Gasteiger charge is 2.32. The van der Waals surface area contributed by atoms with E-state index in [9.17, 15) is 9.59 Å². The van der Waals surface area contributed by atoms with Gasteiger partial charge >= 0.3 is 6.09 Å². The molecule has 0 bridgehead atoms. The molecule has 0 N–H and O–H groups in total. The van der Waals surface area contributed by atoms with Crippen molar-refractivity contribution in [2.24, 2.45) is 0 Å². The maximum atomic E-state index is 12.9. The van der Waals surface area contributed by atoms with E-state index < -0.39 is 5.60 Å². The summed E-state index contributed by atoms with van der Waals surface area (Å²) in [6.45, 7) is 12.7. The minimum atomic E-state index is -0.528. The fraction of sp³-hybridized carbons (Fsp3) is 0.524. The summed E-state index contributed by atoms with van der Waals surface area (Å²) in [5.74, 6) is 0.708. The summed E-state index contributed by atoms with van der Waals surface area (Å²) >= 11 is 0. The Kier molecular flexibility index (Phi) is 6.52. The third-order valence-corrected chi connectivity index (χ3v) is 4.48. The van der Waals surface area contributed by atoms with Gasteiger partial charge in [-0.25, -0.2) is 4.79 Å². The molecule has 148 valence electrons. The third-order valence-electron chi connectivity index (χ3n) is 4.48. The Hall–Kier alpha value is -2.50. The zero-order valence-corrected chi connectivity index (χ0v) is 16.9. The molecule has 6 heteroatoms. The van der Waals surface area contributed by atoms with Gasteiger partial charge in [-0.3, -0.25) is 4.79 Å². The molecule has 1 atom stereocenters. The number of amides is 2. The Morgan fingerprint density at radius 2 is 2.00 bits per heavy atom. The molecule has 0 radical (unpaired) electrons. The SMILES string of the molecule is C=Cc1ccc(OC)c(CC(=O)N2CCN(C(=O)OC(C)(C)C)C[C@H]2C)c1. The molecule has 0 saturated carbocycles. The first kappa shape index (κ1) is 20.8. The lowest BCUT2D eigenvalue weighted by molar-refractivity contribution is -0.134. The van der Waals surface area contributed by atoms with Crippen LogP contribution in [0.25, 0.3) is 6.08 Å². The van der Waals surface area contributed by atoms with Gasteiger partial charge in [-0.1, -0.05) is 18.7 Å². The summed E-state index contributed by atoms with van der Waals surface area (Å²) in [4.78, 5) is 28.6. The average molecular weight is 374 g/mol. The van der Waals surface area contributed by atoms with Gasteiger partial charge in [0.15, 0.2) is 0 Å². The fourth-order valence-corrected chi connectivity index (χ4v) is 3.15. The molecular formula is C21H30N2O4. The molecule has 0 spiro atoms. The van der Waals surface area contributed by atoms with Crippen molar-refractivity contribution in [2.45, 2.75) is 45.8 Å². The van der Waals surface area contributed by atoms with E-state index in [2.05, 4.69) is 6.58 Å². The molecule has 1 saturated heterocycles. The number of benzene rings is 1. The van der Waals surface area contributed by atoms with Gasteiger partial charge in [0.2, 0.25) is 5.91 Å². The van der Waals surface area contributed by atoms with Gasteiger partial charge in [0.05, 0.1) is 13.5 Å². The molecule has 1 aliphatic rings. The fourth-order valence-electron chi connectivity index (χ4n) is 3.15. The van der Waals surface area contributed by atoms with Gasteiger partial charge in [0.1, 0.15) is 11.4 Å². The van der Waals surface area contributed by atoms with E-state index in [0.717, 1.165) is 11.1 Å². The average Bonchev–Trinajstić information content (AvgIpc) is 2.59. The Bertz CT molecular complexity index is 709. The smallest absolute Gasteiger partial charge is 0.410 e. The van der Waals surface area contributed by atoms with Gasteiger partial charge in [-0.15, -0.1) is 0 Å². The van der Waals surface area contributed by atoms with Crippen LogP contribution < -0.4 is 4.74 Å². The van der Waals surface area contributed by atoms with E-state index in [0.29, 0.717) is 25.4 Å². The van der Waals surface area contributed by atoms with Crippen LogP contribution in [0.2, 0.25) is 0 Å². The Morgan fingerprint density at radius 3 is 2.56 bits per heavy atom. The quantitative estimate of drug-likeness (QED) is 0.811. The molecule has 0 aliphatic carbocycles. The number of rotatable bonds is 4. The molecule has 1 aliphatic heterocycles. The lowest BCUT2D eigenvalue weighted by atomic mass is 10.0. The molecular weight excluding hydrogens is 344 g/mol. The van der Waals surface area contributed by atoms with Crippen molar-refractivity contribution in [1.29, 1.82) is 0 Å². The van der Waals surface area contributed by atoms with Gasteiger partial charge in [0, 0.05) is 31.2 Å². The van der Waals surface area contributed by atoms with Crippen molar-refractivity contribution in [1.82, 2.24) is 9.80 Å². The van der Waals surface area contributed by atoms with Crippen molar-refractivity contribution in [3.63, 3.8) is 0 Å². The summed E-state index contributed by atoms with van der Waals surface area (Å²) in [7, 11) is 1.60. The summed E-state index contributed by atoms with van der Waals surface area (Å²) in [5.41, 5.74) is 1.25. The Balaban J connectivity index is 2.03. The van der Waals surface area contributed by atoms with Crippen LogP contribution in [0.4, 0.5) is 4.79 Å². The number of hydrogen-bond donors (Lipinski definition) is 0. The third kappa shape index (κ3) is 5.49. The number of carbonyl (C=O) groups is 2. The topological polar surface area (TPSA) is 59.1 Å². The molecule has 2 amide bonds. The van der Waals surface area contributed by atoms with Gasteiger partial charge in [-0.2, -0.15) is 0 Å². The van der Waals surface area contributed by atoms with Crippen molar-refractivity contribution >= 4 is 18.1 Å². The standard InChI is InChI=1S/C21H30N2O4/c1-7-16-8-9-18(26-6)17(12-16)13-19(24)23-11-10-22(14-15(23)2)20(25)27-21(3,4)5/h7-9,12,15H,1,10-11,13-14H2,2-6H3/t15-/m1/s1. The second-order valence-electron chi connectivity index (χ2n) is 7.81. The second-order valence-corrected chi connectivity index (χ2v) is 7.81. The van der Waals surface area contributed by atoms with Crippen molar-refractivity contribution in [3.05, 3.63) is 35.9 Å². The summed E-state index contributed by atoms with van der Waals surface area (Å²) in [6.07, 6.45) is 1.67. The number of nitrogens with zero attached hydrogens (tertiary/aromatic N) is 2. The largest absolute Gasteiger partial charge is 0.496 e. The van der Waals surface area contributed by atoms with Crippen LogP contribution in [0, 0.1) is 0 Å². The van der Waals surface area contributed by atoms with Crippen LogP contribution in [-0.2, 0) is 16.0 Å². The van der Waals surface area contributed by atoms with E-state index in [1.54, 1.807) is 18.1 Å². The van der Waals surface area contributed by atoms with Crippen molar-refractivity contribution < 1.29 is 19.1 Å². The van der Waals surface area contributed by atoms with E-state index in [1.165, 1.54) is 0 Å². The predicted molar refractivity (Wildman–Crippen MR) is 106 cm³/mol. The molecule has 1 fully saturated rings. The van der Waals surface area contributed by atoms with Crippen molar-refractivity contribution in [3.8, 4) is 5.75 Å². The highest BCUT2D eigenvalue weighted by atomic mass is 16.6. The first-order valence-electron chi connectivity index (χ1n) is 9.21. The Morgan fingerprint density at radius 1 is 1.30 bits per heavy atom. The predicted octanol–water partition coefficient (Wildman–Crippen LogP) is 3.35. The molecule has 0 aromatic heterocycles. The molecule has 2 rings (SSSR count). The minimum Gasteiger partial charge on any atom is -0.496 e. The maximum Gasteiger partial charge on any atom is 0.410 e. The van der Waals surface area contributed by atoms with Crippen LogP contribution in [0.5, 0.6) is 5.75 Å². The van der Waals surface area contributed by atoms with Crippen LogP contribution in [0.1, 0.15) is 38.8 Å². The maximum absolute atomic E-state index is 12.9. The number of ether oxygens (including phenoxy) is 2. The zero-order chi connectivity index (χ0) is 20.2. The molecule has 1 heterocycles. The number of methoxy groups -OCH3 is 1. The lowest BCUT2D eigenvalue weighted by Crippen LogP contribution is -2.56. The van der Waals surface area contributed by atoms with E-state index in [4.69, 9.17) is 9.47 Å².